The summed E-state index contributed by atoms with van der Waals surface area (Å²) in [5, 5.41) is 0.702. The molecule has 0 spiro atoms. The van der Waals surface area contributed by atoms with Crippen LogP contribution in [-0.4, -0.2) is 6.04 Å². The highest BCUT2D eigenvalue weighted by Crippen LogP contribution is 2.31. The monoisotopic (exact) mass is 367 g/mol. The van der Waals surface area contributed by atoms with Crippen molar-refractivity contribution in [2.45, 2.75) is 32.7 Å². The lowest BCUT2D eigenvalue weighted by Gasteiger charge is -2.16. The molecule has 0 aliphatic rings. The number of hydrogen-bond acceptors (Lipinski definition) is 2. The molecule has 0 amide bonds. The van der Waals surface area contributed by atoms with Gasteiger partial charge in [0.1, 0.15) is 11.5 Å². The molecule has 0 heterocycles. The zero-order chi connectivity index (χ0) is 15.4. The van der Waals surface area contributed by atoms with Gasteiger partial charge in [0.15, 0.2) is 0 Å². The predicted molar refractivity (Wildman–Crippen MR) is 92.4 cm³/mol. The molecule has 0 radical (unpaired) electrons. The molecule has 0 aromatic heterocycles. The summed E-state index contributed by atoms with van der Waals surface area (Å²) in [5.41, 5.74) is 8.18. The molecule has 0 saturated carbocycles. The van der Waals surface area contributed by atoms with E-state index >= 15 is 0 Å². The lowest BCUT2D eigenvalue weighted by Crippen LogP contribution is -2.21. The van der Waals surface area contributed by atoms with E-state index in [2.05, 4.69) is 22.9 Å². The number of rotatable bonds is 5. The van der Waals surface area contributed by atoms with Gasteiger partial charge < -0.3 is 10.5 Å². The van der Waals surface area contributed by atoms with Crippen LogP contribution in [0.5, 0.6) is 11.5 Å². The van der Waals surface area contributed by atoms with Crippen LogP contribution in [0, 0.1) is 6.92 Å². The first-order valence-electron chi connectivity index (χ1n) is 6.97. The minimum Gasteiger partial charge on any atom is -0.457 e. The Morgan fingerprint density at radius 2 is 1.90 bits per heavy atom. The molecule has 2 rings (SSSR count). The summed E-state index contributed by atoms with van der Waals surface area (Å²) in [6, 6.07) is 11.7. The molecule has 112 valence electrons. The lowest BCUT2D eigenvalue weighted by atomic mass is 10.0. The highest BCUT2D eigenvalue weighted by molar-refractivity contribution is 9.10. The molecule has 0 saturated heterocycles. The van der Waals surface area contributed by atoms with Crippen molar-refractivity contribution in [3.8, 4) is 11.5 Å². The zero-order valence-electron chi connectivity index (χ0n) is 12.2. The molecule has 2 aromatic carbocycles. The second kappa shape index (κ2) is 7.30. The maximum Gasteiger partial charge on any atom is 0.130 e. The predicted octanol–water partition coefficient (Wildman–Crippen LogP) is 5.48. The topological polar surface area (TPSA) is 35.2 Å². The Bertz CT molecular complexity index is 630. The van der Waals surface area contributed by atoms with Gasteiger partial charge in [0.05, 0.1) is 0 Å². The van der Waals surface area contributed by atoms with Crippen LogP contribution in [0.15, 0.2) is 40.9 Å². The van der Waals surface area contributed by atoms with Gasteiger partial charge in [-0.15, -0.1) is 0 Å². The third-order valence-electron chi connectivity index (χ3n) is 3.39. The van der Waals surface area contributed by atoms with Gasteiger partial charge in [0.25, 0.3) is 0 Å². The molecule has 0 fully saturated rings. The summed E-state index contributed by atoms with van der Waals surface area (Å²) >= 11 is 9.55. The van der Waals surface area contributed by atoms with E-state index < -0.39 is 0 Å². The van der Waals surface area contributed by atoms with Gasteiger partial charge in [-0.1, -0.05) is 34.5 Å². The summed E-state index contributed by atoms with van der Waals surface area (Å²) in [6.07, 6.45) is 1.67. The van der Waals surface area contributed by atoms with Gasteiger partial charge in [0, 0.05) is 15.5 Å². The first-order chi connectivity index (χ1) is 9.99. The Hall–Kier alpha value is -1.03. The Morgan fingerprint density at radius 1 is 1.19 bits per heavy atom. The van der Waals surface area contributed by atoms with Crippen molar-refractivity contribution in [3.63, 3.8) is 0 Å². The highest BCUT2D eigenvalue weighted by Gasteiger charge is 2.11. The number of aryl methyl sites for hydroxylation is 1. The van der Waals surface area contributed by atoms with E-state index in [0.717, 1.165) is 39.9 Å². The second-order valence-electron chi connectivity index (χ2n) is 5.14. The van der Waals surface area contributed by atoms with Crippen LogP contribution in [0.1, 0.15) is 24.5 Å². The SMILES string of the molecule is CCC(N)Cc1cc(Cl)ccc1Oc1ccc(Br)cc1C. The van der Waals surface area contributed by atoms with Gasteiger partial charge in [0.2, 0.25) is 0 Å². The highest BCUT2D eigenvalue weighted by atomic mass is 79.9. The molecule has 4 heteroatoms. The summed E-state index contributed by atoms with van der Waals surface area (Å²) in [6.45, 7) is 4.10. The minimum atomic E-state index is 0.108. The van der Waals surface area contributed by atoms with Gasteiger partial charge >= 0.3 is 0 Å². The first-order valence-corrected chi connectivity index (χ1v) is 8.14. The number of hydrogen-bond donors (Lipinski definition) is 1. The number of halogens is 2. The van der Waals surface area contributed by atoms with Crippen LogP contribution < -0.4 is 10.5 Å². The summed E-state index contributed by atoms with van der Waals surface area (Å²) < 4.78 is 7.10. The van der Waals surface area contributed by atoms with Crippen LogP contribution >= 0.6 is 27.5 Å². The normalized spacial score (nSPS) is 12.2. The second-order valence-corrected chi connectivity index (χ2v) is 6.49. The molecule has 2 nitrogen and oxygen atoms in total. The van der Waals surface area contributed by atoms with Gasteiger partial charge in [-0.05, 0) is 67.3 Å². The van der Waals surface area contributed by atoms with Crippen LogP contribution in [0.4, 0.5) is 0 Å². The van der Waals surface area contributed by atoms with E-state index in [4.69, 9.17) is 22.1 Å². The van der Waals surface area contributed by atoms with Crippen molar-refractivity contribution >= 4 is 27.5 Å². The molecule has 1 unspecified atom stereocenters. The minimum absolute atomic E-state index is 0.108. The standard InChI is InChI=1S/C17H19BrClNO/c1-3-15(20)10-12-9-14(19)5-7-17(12)21-16-6-4-13(18)8-11(16)2/h4-9,15H,3,10,20H2,1-2H3. The third-order valence-corrected chi connectivity index (χ3v) is 4.11. The first kappa shape index (κ1) is 16.3. The van der Waals surface area contributed by atoms with Crippen molar-refractivity contribution in [1.29, 1.82) is 0 Å². The third kappa shape index (κ3) is 4.47. The average molecular weight is 369 g/mol. The van der Waals surface area contributed by atoms with E-state index in [1.807, 2.05) is 43.3 Å². The van der Waals surface area contributed by atoms with E-state index in [1.165, 1.54) is 0 Å². The van der Waals surface area contributed by atoms with Crippen molar-refractivity contribution in [2.24, 2.45) is 5.73 Å². The van der Waals surface area contributed by atoms with E-state index in [9.17, 15) is 0 Å². The van der Waals surface area contributed by atoms with Crippen molar-refractivity contribution in [1.82, 2.24) is 0 Å². The lowest BCUT2D eigenvalue weighted by molar-refractivity contribution is 0.468. The van der Waals surface area contributed by atoms with Crippen molar-refractivity contribution in [2.75, 3.05) is 0 Å². The molecule has 1 atom stereocenters. The Kier molecular flexibility index (Phi) is 5.68. The summed E-state index contributed by atoms with van der Waals surface area (Å²) in [7, 11) is 0. The van der Waals surface area contributed by atoms with Gasteiger partial charge in [-0.3, -0.25) is 0 Å². The Morgan fingerprint density at radius 3 is 2.57 bits per heavy atom. The molecule has 0 aliphatic carbocycles. The molecular formula is C17H19BrClNO. The fourth-order valence-electron chi connectivity index (χ4n) is 2.08. The number of nitrogens with two attached hydrogens (primary N) is 1. The largest absolute Gasteiger partial charge is 0.457 e. The molecule has 2 aromatic rings. The van der Waals surface area contributed by atoms with Crippen LogP contribution in [0.2, 0.25) is 5.02 Å². The van der Waals surface area contributed by atoms with Gasteiger partial charge in [-0.2, -0.15) is 0 Å². The fourth-order valence-corrected chi connectivity index (χ4v) is 2.75. The van der Waals surface area contributed by atoms with E-state index in [0.29, 0.717) is 5.02 Å². The maximum atomic E-state index is 6.10. The molecule has 2 N–H and O–H groups in total. The van der Waals surface area contributed by atoms with Crippen molar-refractivity contribution in [3.05, 3.63) is 57.0 Å². The summed E-state index contributed by atoms with van der Waals surface area (Å²) in [4.78, 5) is 0. The average Bonchev–Trinajstić information content (AvgIpc) is 2.44. The molecule has 0 aliphatic heterocycles. The van der Waals surface area contributed by atoms with E-state index in [1.54, 1.807) is 0 Å². The van der Waals surface area contributed by atoms with Crippen molar-refractivity contribution < 1.29 is 4.74 Å². The quantitative estimate of drug-likeness (QED) is 0.758. The van der Waals surface area contributed by atoms with Crippen LogP contribution in [0.25, 0.3) is 0 Å². The van der Waals surface area contributed by atoms with Crippen LogP contribution in [-0.2, 0) is 6.42 Å². The fraction of sp³-hybridized carbons (Fsp3) is 0.294. The van der Waals surface area contributed by atoms with Crippen LogP contribution in [0.3, 0.4) is 0 Å². The Labute approximate surface area is 139 Å². The van der Waals surface area contributed by atoms with E-state index in [-0.39, 0.29) is 6.04 Å². The zero-order valence-corrected chi connectivity index (χ0v) is 14.5. The number of ether oxygens (including phenoxy) is 1. The van der Waals surface area contributed by atoms with Gasteiger partial charge in [-0.25, -0.2) is 0 Å². The Balaban J connectivity index is 2.30. The smallest absolute Gasteiger partial charge is 0.130 e. The summed E-state index contributed by atoms with van der Waals surface area (Å²) in [5.74, 6) is 1.65. The number of benzene rings is 2. The molecular weight excluding hydrogens is 350 g/mol. The molecule has 21 heavy (non-hydrogen) atoms. The maximum absolute atomic E-state index is 6.10. The molecule has 0 bridgehead atoms.